The number of hydrogen-bond acceptors (Lipinski definition) is 1. The number of halogens is 2. The highest BCUT2D eigenvalue weighted by Crippen LogP contribution is 2.36. The first kappa shape index (κ1) is 11.6. The summed E-state index contributed by atoms with van der Waals surface area (Å²) in [5, 5.41) is 0.311. The molecule has 0 N–H and O–H groups in total. The van der Waals surface area contributed by atoms with Gasteiger partial charge in [-0.1, -0.05) is 26.7 Å². The highest BCUT2D eigenvalue weighted by atomic mass is 35.5. The Balaban J connectivity index is 2.17. The lowest BCUT2D eigenvalue weighted by Crippen LogP contribution is -2.16. The second-order valence-electron chi connectivity index (χ2n) is 3.65. The third-order valence-corrected chi connectivity index (χ3v) is 3.52. The van der Waals surface area contributed by atoms with Gasteiger partial charge in [-0.25, -0.2) is 0 Å². The lowest BCUT2D eigenvalue weighted by molar-refractivity contribution is 0.355. The zero-order chi connectivity index (χ0) is 9.84. The number of rotatable bonds is 6. The molecule has 1 fully saturated rings. The van der Waals surface area contributed by atoms with Crippen LogP contribution in [0.3, 0.4) is 0 Å². The summed E-state index contributed by atoms with van der Waals surface area (Å²) in [7, 11) is 0. The molecule has 4 atom stereocenters. The van der Waals surface area contributed by atoms with Crippen LogP contribution in [-0.2, 0) is 4.74 Å². The summed E-state index contributed by atoms with van der Waals surface area (Å²) in [4.78, 5) is 0. The van der Waals surface area contributed by atoms with Crippen molar-refractivity contribution in [2.45, 2.75) is 62.5 Å². The van der Waals surface area contributed by atoms with E-state index < -0.39 is 0 Å². The van der Waals surface area contributed by atoms with E-state index in [0.717, 1.165) is 12.8 Å². The lowest BCUT2D eigenvalue weighted by Gasteiger charge is -2.05. The maximum absolute atomic E-state index is 6.17. The summed E-state index contributed by atoms with van der Waals surface area (Å²) in [6, 6.07) is 0. The minimum Gasteiger partial charge on any atom is -0.366 e. The molecule has 78 valence electrons. The first-order valence-corrected chi connectivity index (χ1v) is 6.01. The summed E-state index contributed by atoms with van der Waals surface area (Å²) in [5.74, 6) is 0. The minimum atomic E-state index is 0.146. The van der Waals surface area contributed by atoms with E-state index in [-0.39, 0.29) is 23.0 Å². The molecule has 0 aromatic rings. The topological polar surface area (TPSA) is 12.5 Å². The quantitative estimate of drug-likeness (QED) is 0.497. The van der Waals surface area contributed by atoms with Crippen LogP contribution in [0.25, 0.3) is 0 Å². The van der Waals surface area contributed by atoms with Crippen molar-refractivity contribution in [2.24, 2.45) is 0 Å². The fourth-order valence-corrected chi connectivity index (χ4v) is 2.07. The maximum atomic E-state index is 6.17. The molecule has 0 aromatic heterocycles. The molecule has 0 amide bonds. The Hall–Kier alpha value is 0.540. The molecule has 1 heterocycles. The molecule has 0 aromatic carbocycles. The third-order valence-electron chi connectivity index (χ3n) is 2.50. The van der Waals surface area contributed by atoms with Crippen molar-refractivity contribution in [2.75, 3.05) is 0 Å². The van der Waals surface area contributed by atoms with Crippen LogP contribution < -0.4 is 0 Å². The average Bonchev–Trinajstić information content (AvgIpc) is 2.92. The van der Waals surface area contributed by atoms with Crippen molar-refractivity contribution >= 4 is 23.2 Å². The number of hydrogen-bond donors (Lipinski definition) is 0. The molecule has 0 aliphatic carbocycles. The van der Waals surface area contributed by atoms with Crippen LogP contribution in [0.1, 0.15) is 39.5 Å². The molecule has 0 bridgehead atoms. The Kier molecular flexibility index (Phi) is 4.85. The Morgan fingerprint density at radius 2 is 1.77 bits per heavy atom. The van der Waals surface area contributed by atoms with Crippen molar-refractivity contribution < 1.29 is 4.74 Å². The van der Waals surface area contributed by atoms with Crippen molar-refractivity contribution in [1.29, 1.82) is 0 Å². The normalized spacial score (nSPS) is 31.4. The Morgan fingerprint density at radius 1 is 1.15 bits per heavy atom. The molecular formula is C10H18Cl2O. The van der Waals surface area contributed by atoms with Crippen molar-refractivity contribution in [3.05, 3.63) is 0 Å². The van der Waals surface area contributed by atoms with Gasteiger partial charge in [-0.05, 0) is 12.8 Å². The summed E-state index contributed by atoms with van der Waals surface area (Å²) in [6.07, 6.45) is 4.81. The van der Waals surface area contributed by atoms with E-state index in [0.29, 0.717) is 0 Å². The van der Waals surface area contributed by atoms with Crippen molar-refractivity contribution in [3.63, 3.8) is 0 Å². The smallest absolute Gasteiger partial charge is 0.102 e. The van der Waals surface area contributed by atoms with Gasteiger partial charge < -0.3 is 4.74 Å². The van der Waals surface area contributed by atoms with Gasteiger partial charge in [0.2, 0.25) is 0 Å². The standard InChI is InChI=1S/C10H18Cl2O/c1-3-5-6-8(12)10-9(13-10)7(11)4-2/h7-10H,3-6H2,1-2H3. The largest absolute Gasteiger partial charge is 0.366 e. The van der Waals surface area contributed by atoms with Gasteiger partial charge in [0.1, 0.15) is 12.2 Å². The van der Waals surface area contributed by atoms with Crippen LogP contribution >= 0.6 is 23.2 Å². The van der Waals surface area contributed by atoms with Crippen molar-refractivity contribution in [1.82, 2.24) is 0 Å². The van der Waals surface area contributed by atoms with E-state index in [1.54, 1.807) is 0 Å². The van der Waals surface area contributed by atoms with E-state index in [1.165, 1.54) is 12.8 Å². The Morgan fingerprint density at radius 3 is 2.31 bits per heavy atom. The molecule has 1 aliphatic heterocycles. The van der Waals surface area contributed by atoms with Gasteiger partial charge in [0.15, 0.2) is 0 Å². The first-order chi connectivity index (χ1) is 6.20. The van der Waals surface area contributed by atoms with E-state index in [1.807, 2.05) is 0 Å². The van der Waals surface area contributed by atoms with Gasteiger partial charge >= 0.3 is 0 Å². The van der Waals surface area contributed by atoms with Gasteiger partial charge in [0.05, 0.1) is 10.8 Å². The number of epoxide rings is 1. The molecule has 0 radical (unpaired) electrons. The molecule has 1 rings (SSSR count). The van der Waals surface area contributed by atoms with Gasteiger partial charge in [-0.2, -0.15) is 0 Å². The Labute approximate surface area is 90.7 Å². The van der Waals surface area contributed by atoms with E-state index in [2.05, 4.69) is 13.8 Å². The molecule has 13 heavy (non-hydrogen) atoms. The molecule has 4 unspecified atom stereocenters. The van der Waals surface area contributed by atoms with Crippen molar-refractivity contribution in [3.8, 4) is 0 Å². The average molecular weight is 225 g/mol. The molecule has 1 aliphatic rings. The zero-order valence-corrected chi connectivity index (χ0v) is 9.81. The zero-order valence-electron chi connectivity index (χ0n) is 8.30. The molecular weight excluding hydrogens is 207 g/mol. The molecule has 1 nitrogen and oxygen atoms in total. The number of alkyl halides is 2. The highest BCUT2D eigenvalue weighted by molar-refractivity contribution is 6.22. The summed E-state index contributed by atoms with van der Waals surface area (Å²) in [6.45, 7) is 4.25. The second kappa shape index (κ2) is 5.43. The fourth-order valence-electron chi connectivity index (χ4n) is 1.51. The van der Waals surface area contributed by atoms with E-state index in [9.17, 15) is 0 Å². The van der Waals surface area contributed by atoms with Crippen LogP contribution in [-0.4, -0.2) is 23.0 Å². The van der Waals surface area contributed by atoms with Gasteiger partial charge in [0.25, 0.3) is 0 Å². The van der Waals surface area contributed by atoms with Crippen LogP contribution in [0.15, 0.2) is 0 Å². The highest BCUT2D eigenvalue weighted by Gasteiger charge is 2.47. The number of unbranched alkanes of at least 4 members (excludes halogenated alkanes) is 1. The predicted octanol–water partition coefficient (Wildman–Crippen LogP) is 3.57. The molecule has 1 saturated heterocycles. The van der Waals surface area contributed by atoms with Crippen LogP contribution in [0, 0.1) is 0 Å². The van der Waals surface area contributed by atoms with E-state index in [4.69, 9.17) is 27.9 Å². The summed E-state index contributed by atoms with van der Waals surface area (Å²) < 4.78 is 5.46. The van der Waals surface area contributed by atoms with Crippen LogP contribution in [0.4, 0.5) is 0 Å². The molecule has 3 heteroatoms. The SMILES string of the molecule is CCCCC(Cl)C1OC1C(Cl)CC. The number of ether oxygens (including phenoxy) is 1. The maximum Gasteiger partial charge on any atom is 0.102 e. The lowest BCUT2D eigenvalue weighted by atomic mass is 10.1. The fraction of sp³-hybridized carbons (Fsp3) is 1.00. The minimum absolute atomic E-state index is 0.146. The summed E-state index contributed by atoms with van der Waals surface area (Å²) >= 11 is 12.2. The van der Waals surface area contributed by atoms with Gasteiger partial charge in [-0.3, -0.25) is 0 Å². The first-order valence-electron chi connectivity index (χ1n) is 5.14. The monoisotopic (exact) mass is 224 g/mol. The van der Waals surface area contributed by atoms with Crippen LogP contribution in [0.5, 0.6) is 0 Å². The van der Waals surface area contributed by atoms with Gasteiger partial charge in [0, 0.05) is 0 Å². The van der Waals surface area contributed by atoms with Gasteiger partial charge in [-0.15, -0.1) is 23.2 Å². The van der Waals surface area contributed by atoms with E-state index >= 15 is 0 Å². The predicted molar refractivity (Wildman–Crippen MR) is 57.8 cm³/mol. The summed E-state index contributed by atoms with van der Waals surface area (Å²) in [5.41, 5.74) is 0. The van der Waals surface area contributed by atoms with Crippen LogP contribution in [0.2, 0.25) is 0 Å². The second-order valence-corrected chi connectivity index (χ2v) is 4.77. The molecule has 0 saturated carbocycles. The molecule has 0 spiro atoms. The third kappa shape index (κ3) is 3.30. The Bertz CT molecular complexity index is 152.